The zero-order valence-electron chi connectivity index (χ0n) is 25.1. The third-order valence-electron chi connectivity index (χ3n) is 8.81. The van der Waals surface area contributed by atoms with E-state index in [1.165, 1.54) is 4.90 Å². The van der Waals surface area contributed by atoms with Crippen LogP contribution < -0.4 is 9.64 Å². The van der Waals surface area contributed by atoms with Crippen molar-refractivity contribution in [2.45, 2.75) is 38.3 Å². The molecule has 6 rings (SSSR count). The largest absolute Gasteiger partial charge is 0.508 e. The summed E-state index contributed by atoms with van der Waals surface area (Å²) in [6, 6.07) is 10.8. The molecule has 2 aromatic heterocycles. The first kappa shape index (κ1) is 30.5. The van der Waals surface area contributed by atoms with Gasteiger partial charge in [0.2, 0.25) is 0 Å². The van der Waals surface area contributed by atoms with Gasteiger partial charge >= 0.3 is 6.01 Å². The van der Waals surface area contributed by atoms with Crippen LogP contribution >= 0.6 is 11.6 Å². The third-order valence-corrected chi connectivity index (χ3v) is 9.12. The quantitative estimate of drug-likeness (QED) is 0.268. The molecule has 1 unspecified atom stereocenters. The number of carbonyl (C=O) groups is 1. The summed E-state index contributed by atoms with van der Waals surface area (Å²) >= 11 is 6.66. The first-order chi connectivity index (χ1) is 21.7. The minimum absolute atomic E-state index is 0.0118. The van der Waals surface area contributed by atoms with Crippen LogP contribution in [0.15, 0.2) is 48.9 Å². The molecule has 0 bridgehead atoms. The van der Waals surface area contributed by atoms with E-state index in [-0.39, 0.29) is 37.3 Å². The van der Waals surface area contributed by atoms with Crippen molar-refractivity contribution in [3.8, 4) is 29.0 Å². The van der Waals surface area contributed by atoms with Gasteiger partial charge in [0.15, 0.2) is 11.6 Å². The molecule has 2 atom stereocenters. The van der Waals surface area contributed by atoms with Crippen LogP contribution in [0.1, 0.15) is 24.8 Å². The normalized spacial score (nSPS) is 18.8. The Kier molecular flexibility index (Phi) is 8.44. The van der Waals surface area contributed by atoms with E-state index in [1.807, 2.05) is 24.0 Å². The molecule has 2 aliphatic rings. The Morgan fingerprint density at radius 3 is 2.76 bits per heavy atom. The van der Waals surface area contributed by atoms with Crippen LogP contribution in [-0.2, 0) is 4.79 Å². The second-order valence-corrected chi connectivity index (χ2v) is 12.0. The van der Waals surface area contributed by atoms with Crippen LogP contribution in [0, 0.1) is 18.3 Å². The van der Waals surface area contributed by atoms with Gasteiger partial charge in [0, 0.05) is 47.8 Å². The molecule has 232 valence electrons. The summed E-state index contributed by atoms with van der Waals surface area (Å²) in [5.74, 6) is -1.28. The fourth-order valence-corrected chi connectivity index (χ4v) is 6.69. The average Bonchev–Trinajstić information content (AvgIpc) is 3.43. The van der Waals surface area contributed by atoms with Crippen LogP contribution in [-0.4, -0.2) is 87.7 Å². The first-order valence-electron chi connectivity index (χ1n) is 14.9. The highest BCUT2D eigenvalue weighted by Crippen LogP contribution is 2.40. The molecule has 1 amide bonds. The Labute approximate surface area is 265 Å². The van der Waals surface area contributed by atoms with Gasteiger partial charge in [-0.25, -0.2) is 4.39 Å². The van der Waals surface area contributed by atoms with E-state index < -0.39 is 17.8 Å². The Bertz CT molecular complexity index is 1860. The number of amides is 1. The standard InChI is InChI=1S/C33H33ClFN7O3/c1-19-26(25-15-24(43)14-21-6-4-8-27(34)28(21)25)16-37-30-29(19)38-33(45-18-23-7-5-11-40(23)3)39-31(30)41-12-13-42(32(44)20(2)35)22(17-41)9-10-36/h4,6,8,14-16,22-23,43H,2,5,7,9,11-13,17-18H2,1,3H3/t22-,23?/m0/s1. The molecule has 4 aromatic rings. The van der Waals surface area contributed by atoms with E-state index in [0.29, 0.717) is 40.6 Å². The number of phenolic OH excluding ortho intramolecular Hbond substituents is 1. The maximum Gasteiger partial charge on any atom is 0.319 e. The minimum atomic E-state index is -1.06. The van der Waals surface area contributed by atoms with Crippen molar-refractivity contribution in [2.24, 2.45) is 0 Å². The number of hydrogen-bond acceptors (Lipinski definition) is 9. The molecule has 2 aromatic carbocycles. The molecular formula is C33H33ClFN7O3. The molecule has 2 saturated heterocycles. The van der Waals surface area contributed by atoms with Crippen molar-refractivity contribution in [1.82, 2.24) is 24.8 Å². The molecule has 2 aliphatic heterocycles. The number of aryl methyl sites for hydroxylation is 1. The topological polar surface area (TPSA) is 119 Å². The minimum Gasteiger partial charge on any atom is -0.508 e. The average molecular weight is 630 g/mol. The van der Waals surface area contributed by atoms with Gasteiger partial charge in [-0.05, 0) is 68.1 Å². The van der Waals surface area contributed by atoms with E-state index in [2.05, 4.69) is 24.6 Å². The second kappa shape index (κ2) is 12.5. The number of aromatic hydroxyl groups is 1. The molecule has 45 heavy (non-hydrogen) atoms. The number of ether oxygens (including phenoxy) is 1. The number of halogens is 2. The van der Waals surface area contributed by atoms with Gasteiger partial charge in [-0.1, -0.05) is 30.3 Å². The smallest absolute Gasteiger partial charge is 0.319 e. The zero-order valence-corrected chi connectivity index (χ0v) is 25.9. The van der Waals surface area contributed by atoms with E-state index in [1.54, 1.807) is 24.4 Å². The lowest BCUT2D eigenvalue weighted by Crippen LogP contribution is -2.55. The molecular weight excluding hydrogens is 597 g/mol. The van der Waals surface area contributed by atoms with Crippen LogP contribution in [0.25, 0.3) is 32.9 Å². The van der Waals surface area contributed by atoms with Gasteiger partial charge in [0.05, 0.1) is 18.5 Å². The number of benzene rings is 2. The van der Waals surface area contributed by atoms with Crippen molar-refractivity contribution >= 4 is 45.1 Å². The number of likely N-dealkylation sites (N-methyl/N-ethyl adjacent to an activating group) is 1. The SMILES string of the molecule is C=C(F)C(=O)N1CCN(c2nc(OCC3CCCN3C)nc3c(C)c(-c4cc(O)cc5cccc(Cl)c45)cnc23)C[C@@H]1CC#N. The maximum atomic E-state index is 13.8. The van der Waals surface area contributed by atoms with E-state index >= 15 is 0 Å². The lowest BCUT2D eigenvalue weighted by molar-refractivity contribution is -0.131. The molecule has 12 heteroatoms. The molecule has 0 saturated carbocycles. The van der Waals surface area contributed by atoms with E-state index in [4.69, 9.17) is 31.3 Å². The highest BCUT2D eigenvalue weighted by atomic mass is 35.5. The van der Waals surface area contributed by atoms with E-state index in [9.17, 15) is 19.6 Å². The monoisotopic (exact) mass is 629 g/mol. The number of aromatic nitrogens is 3. The number of anilines is 1. The maximum absolute atomic E-state index is 13.8. The van der Waals surface area contributed by atoms with Crippen LogP contribution in [0.5, 0.6) is 11.8 Å². The van der Waals surface area contributed by atoms with Crippen LogP contribution in [0.4, 0.5) is 10.2 Å². The Morgan fingerprint density at radius 1 is 1.20 bits per heavy atom. The molecule has 0 aliphatic carbocycles. The number of hydrogen-bond donors (Lipinski definition) is 1. The number of nitriles is 1. The zero-order chi connectivity index (χ0) is 31.8. The van der Waals surface area contributed by atoms with Crippen LogP contribution in [0.3, 0.4) is 0 Å². The van der Waals surface area contributed by atoms with Crippen molar-refractivity contribution in [1.29, 1.82) is 5.26 Å². The summed E-state index contributed by atoms with van der Waals surface area (Å²) in [7, 11) is 2.07. The fourth-order valence-electron chi connectivity index (χ4n) is 6.40. The second-order valence-electron chi connectivity index (χ2n) is 11.6. The Hall–Kier alpha value is -4.53. The lowest BCUT2D eigenvalue weighted by Gasteiger charge is -2.41. The third kappa shape index (κ3) is 5.83. The number of pyridine rings is 1. The van der Waals surface area contributed by atoms with Crippen molar-refractivity contribution in [2.75, 3.05) is 44.7 Å². The van der Waals surface area contributed by atoms with Gasteiger partial charge in [0.1, 0.15) is 23.4 Å². The number of carbonyl (C=O) groups excluding carboxylic acids is 1. The summed E-state index contributed by atoms with van der Waals surface area (Å²) in [6.45, 7) is 7.24. The summed E-state index contributed by atoms with van der Waals surface area (Å²) in [4.78, 5) is 32.5. The number of fused-ring (bicyclic) bond motifs is 2. The molecule has 1 N–H and O–H groups in total. The number of phenols is 1. The van der Waals surface area contributed by atoms with Gasteiger partial charge in [0.25, 0.3) is 5.91 Å². The Balaban J connectivity index is 1.47. The van der Waals surface area contributed by atoms with E-state index in [0.717, 1.165) is 41.3 Å². The van der Waals surface area contributed by atoms with Gasteiger partial charge in [-0.3, -0.25) is 9.78 Å². The number of likely N-dealkylation sites (tertiary alicyclic amines) is 1. The summed E-state index contributed by atoms with van der Waals surface area (Å²) in [5.41, 5.74) is 3.31. The van der Waals surface area contributed by atoms with Crippen molar-refractivity contribution in [3.05, 3.63) is 59.5 Å². The number of rotatable bonds is 7. The predicted molar refractivity (Wildman–Crippen MR) is 171 cm³/mol. The summed E-state index contributed by atoms with van der Waals surface area (Å²) in [6.07, 6.45) is 3.84. The van der Waals surface area contributed by atoms with Gasteiger partial charge < -0.3 is 24.5 Å². The molecule has 0 spiro atoms. The first-order valence-corrected chi connectivity index (χ1v) is 15.2. The Morgan fingerprint density at radius 2 is 2.02 bits per heavy atom. The highest BCUT2D eigenvalue weighted by Gasteiger charge is 2.34. The molecule has 2 fully saturated rings. The van der Waals surface area contributed by atoms with Crippen LogP contribution in [0.2, 0.25) is 5.02 Å². The fraction of sp³-hybridized carbons (Fsp3) is 0.364. The summed E-state index contributed by atoms with van der Waals surface area (Å²) in [5, 5.41) is 22.2. The molecule has 10 nitrogen and oxygen atoms in total. The summed E-state index contributed by atoms with van der Waals surface area (Å²) < 4.78 is 20.0. The highest BCUT2D eigenvalue weighted by molar-refractivity contribution is 6.36. The number of piperazine rings is 1. The van der Waals surface area contributed by atoms with Gasteiger partial charge in [-0.15, -0.1) is 0 Å². The predicted octanol–water partition coefficient (Wildman–Crippen LogP) is 5.40. The van der Waals surface area contributed by atoms with Crippen molar-refractivity contribution in [3.63, 3.8) is 0 Å². The molecule has 4 heterocycles. The lowest BCUT2D eigenvalue weighted by atomic mass is 9.95. The van der Waals surface area contributed by atoms with Crippen molar-refractivity contribution < 1.29 is 19.0 Å². The molecule has 0 radical (unpaired) electrons. The van der Waals surface area contributed by atoms with Gasteiger partial charge in [-0.2, -0.15) is 15.2 Å². The number of nitrogens with zero attached hydrogens (tertiary/aromatic N) is 7.